The van der Waals surface area contributed by atoms with Crippen LogP contribution in [0, 0.1) is 0 Å². The molecule has 4 aromatic carbocycles. The first-order valence-corrected chi connectivity index (χ1v) is 21.1. The van der Waals surface area contributed by atoms with Gasteiger partial charge in [0.25, 0.3) is 0 Å². The fourth-order valence-corrected chi connectivity index (χ4v) is 8.96. The normalized spacial score (nSPS) is 21.4. The van der Waals surface area contributed by atoms with Crippen molar-refractivity contribution < 1.29 is 35.7 Å². The molecule has 6 aliphatic heterocycles. The van der Waals surface area contributed by atoms with Crippen molar-refractivity contribution in [2.45, 2.75) is 37.4 Å². The van der Waals surface area contributed by atoms with E-state index in [1.54, 1.807) is 0 Å². The molecule has 8 bridgehead atoms. The van der Waals surface area contributed by atoms with E-state index in [1.807, 2.05) is 0 Å². The van der Waals surface area contributed by atoms with Crippen molar-refractivity contribution in [1.29, 1.82) is 0 Å². The number of hydrogen-bond acceptors (Lipinski definition) is 6. The molecule has 8 nitrogen and oxygen atoms in total. The van der Waals surface area contributed by atoms with E-state index >= 15 is 0 Å². The molecule has 62 heavy (non-hydrogen) atoms. The third-order valence-corrected chi connectivity index (χ3v) is 12.6. The second-order valence-corrected chi connectivity index (χ2v) is 16.6. The Labute approximate surface area is 368 Å². The van der Waals surface area contributed by atoms with Crippen LogP contribution in [0.3, 0.4) is 0 Å². The van der Waals surface area contributed by atoms with Crippen molar-refractivity contribution in [2.75, 3.05) is 19.8 Å². The minimum Gasteiger partial charge on any atom is -0.657 e. The van der Waals surface area contributed by atoms with E-state index in [2.05, 4.69) is 153 Å². The summed E-state index contributed by atoms with van der Waals surface area (Å²) in [4.78, 5) is 21.8. The van der Waals surface area contributed by atoms with Crippen LogP contribution in [-0.2, 0) is 35.7 Å². The number of ether oxygens (including phenoxy) is 4. The van der Waals surface area contributed by atoms with Gasteiger partial charge in [0.15, 0.2) is 0 Å². The largest absolute Gasteiger partial charge is 2.00 e. The van der Waals surface area contributed by atoms with Crippen LogP contribution in [0.1, 0.15) is 76.4 Å². The molecule has 5 unspecified atom stereocenters. The van der Waals surface area contributed by atoms with Gasteiger partial charge < -0.3 is 28.9 Å². The maximum atomic E-state index is 5.82. The van der Waals surface area contributed by atoms with Crippen molar-refractivity contribution in [2.24, 2.45) is 0 Å². The third-order valence-electron chi connectivity index (χ3n) is 12.6. The Morgan fingerprint density at radius 3 is 0.903 bits per heavy atom. The van der Waals surface area contributed by atoms with Crippen molar-refractivity contribution in [1.82, 2.24) is 19.9 Å². The predicted molar refractivity (Wildman–Crippen MR) is 238 cm³/mol. The Kier molecular flexibility index (Phi) is 8.93. The molecule has 5 atom stereocenters. The second kappa shape index (κ2) is 14.7. The molecule has 9 heterocycles. The van der Waals surface area contributed by atoms with Crippen LogP contribution in [0.25, 0.3) is 90.9 Å². The molecule has 0 spiro atoms. The molecule has 1 radical (unpaired) electrons. The fourth-order valence-electron chi connectivity index (χ4n) is 8.96. The standard InChI is InChI=1S/C53H38N4O4.Co/c1-29-53(61-29)37-16-14-36(15-17-37)52-44-24-22-42(56-44)50(34-10-4-31(5-11-34)47-27-59-47)40-20-18-38(54-40)49(33-8-2-30(3-9-33)46-26-58-46)39-19-21-41(55-39)51(43-23-25-45(52)57-43)35-12-6-32(7-13-35)48-28-60-48;/h2-25,29,46-48,53H,26-28H2,1H3;/q-2;+2. The molecule has 0 amide bonds. The number of fused-ring (bicyclic) bond motifs is 8. The van der Waals surface area contributed by atoms with Gasteiger partial charge in [-0.25, -0.2) is 9.97 Å². The summed E-state index contributed by atoms with van der Waals surface area (Å²) in [6.07, 6.45) is 9.30. The van der Waals surface area contributed by atoms with Crippen LogP contribution >= 0.6 is 0 Å². The van der Waals surface area contributed by atoms with Gasteiger partial charge in [-0.1, -0.05) is 121 Å². The van der Waals surface area contributed by atoms with E-state index in [4.69, 9.17) is 38.9 Å². The maximum absolute atomic E-state index is 5.82. The summed E-state index contributed by atoms with van der Waals surface area (Å²) in [7, 11) is 0. The molecule has 0 N–H and O–H groups in total. The molecule has 303 valence electrons. The van der Waals surface area contributed by atoms with Gasteiger partial charge in [0.2, 0.25) is 0 Å². The Hall–Kier alpha value is -6.17. The molecule has 4 fully saturated rings. The molecule has 7 aromatic rings. The Morgan fingerprint density at radius 2 is 0.661 bits per heavy atom. The number of benzene rings is 4. The third kappa shape index (κ3) is 6.78. The SMILES string of the molecule is CC1OC1c1ccc(-c2c3nc(c(-c4ccc(C5CO5)cc4)c4ccc([n-]4)c(-c4ccc(C5CO5)cc4)c4nc(c(-c5ccc(C6CO6)cc5)c5ccc2[n-]5)C=C4)C=C3)cc1.[Co+2]. The van der Waals surface area contributed by atoms with E-state index in [0.717, 1.165) is 109 Å². The van der Waals surface area contributed by atoms with Crippen molar-refractivity contribution in [3.05, 3.63) is 166 Å². The summed E-state index contributed by atoms with van der Waals surface area (Å²) < 4.78 is 22.7. The number of hydrogen-bond donors (Lipinski definition) is 0. The van der Waals surface area contributed by atoms with Gasteiger partial charge in [-0.3, -0.25) is 0 Å². The molecule has 3 aromatic heterocycles. The van der Waals surface area contributed by atoms with Crippen LogP contribution in [-0.4, -0.2) is 35.9 Å². The van der Waals surface area contributed by atoms with Crippen LogP contribution in [0.2, 0.25) is 0 Å². The Balaban J connectivity index is 0.00000410. The van der Waals surface area contributed by atoms with Gasteiger partial charge in [0.1, 0.15) is 24.4 Å². The summed E-state index contributed by atoms with van der Waals surface area (Å²) in [5.74, 6) is 0. The zero-order valence-electron chi connectivity index (χ0n) is 33.6. The van der Waals surface area contributed by atoms with Crippen molar-refractivity contribution >= 4 is 46.4 Å². The van der Waals surface area contributed by atoms with E-state index in [9.17, 15) is 0 Å². The summed E-state index contributed by atoms with van der Waals surface area (Å²) in [6, 6.07) is 43.1. The number of epoxide rings is 4. The van der Waals surface area contributed by atoms with Crippen LogP contribution < -0.4 is 9.97 Å². The minimum absolute atomic E-state index is 0. The van der Waals surface area contributed by atoms with E-state index in [1.165, 1.54) is 22.3 Å². The summed E-state index contributed by atoms with van der Waals surface area (Å²) in [5, 5.41) is 0. The quantitative estimate of drug-likeness (QED) is 0.139. The van der Waals surface area contributed by atoms with E-state index < -0.39 is 0 Å². The molecule has 13 rings (SSSR count). The molecule has 9 heteroatoms. The minimum atomic E-state index is 0. The van der Waals surface area contributed by atoms with Crippen molar-refractivity contribution in [3.63, 3.8) is 0 Å². The van der Waals surface area contributed by atoms with Crippen molar-refractivity contribution in [3.8, 4) is 44.5 Å². The number of rotatable bonds is 8. The first-order valence-electron chi connectivity index (χ1n) is 21.1. The molecular weight excluding hydrogens is 816 g/mol. The zero-order valence-corrected chi connectivity index (χ0v) is 34.7. The van der Waals surface area contributed by atoms with Gasteiger partial charge in [-0.2, -0.15) is 0 Å². The average Bonchev–Trinajstić information content (AvgIpc) is 4.23. The second-order valence-electron chi connectivity index (χ2n) is 16.6. The average molecular weight is 854 g/mol. The van der Waals surface area contributed by atoms with Gasteiger partial charge >= 0.3 is 16.8 Å². The summed E-state index contributed by atoms with van der Waals surface area (Å²) in [5.41, 5.74) is 19.3. The van der Waals surface area contributed by atoms with Gasteiger partial charge in [0.05, 0.1) is 48.7 Å². The predicted octanol–water partition coefficient (Wildman–Crippen LogP) is 11.3. The molecule has 6 aliphatic rings. The zero-order chi connectivity index (χ0) is 40.2. The molecule has 4 saturated heterocycles. The molecular formula is C53H38CoN4O4. The fraction of sp³-hybridized carbons (Fsp3) is 0.170. The first kappa shape index (κ1) is 37.6. The number of aromatic nitrogens is 4. The Morgan fingerprint density at radius 1 is 0.403 bits per heavy atom. The van der Waals surface area contributed by atoms with Crippen LogP contribution in [0.4, 0.5) is 0 Å². The number of nitrogens with zero attached hydrogens (tertiary/aromatic N) is 4. The molecule has 0 aliphatic carbocycles. The summed E-state index contributed by atoms with van der Waals surface area (Å²) in [6.45, 7) is 4.38. The van der Waals surface area contributed by atoms with Gasteiger partial charge in [0, 0.05) is 0 Å². The maximum Gasteiger partial charge on any atom is 2.00 e. The molecule has 0 saturated carbocycles. The Bertz CT molecular complexity index is 3080. The van der Waals surface area contributed by atoms with E-state index in [0.29, 0.717) is 0 Å². The summed E-state index contributed by atoms with van der Waals surface area (Å²) >= 11 is 0. The smallest absolute Gasteiger partial charge is 0.657 e. The van der Waals surface area contributed by atoms with Gasteiger partial charge in [-0.15, -0.1) is 22.1 Å². The van der Waals surface area contributed by atoms with Gasteiger partial charge in [-0.05, 0) is 98.0 Å². The van der Waals surface area contributed by atoms with E-state index in [-0.39, 0.29) is 47.3 Å². The van der Waals surface area contributed by atoms with Crippen LogP contribution in [0.15, 0.2) is 121 Å². The topological polar surface area (TPSA) is 104 Å². The first-order chi connectivity index (χ1) is 30.1. The van der Waals surface area contributed by atoms with Crippen LogP contribution in [0.5, 0.6) is 0 Å². The monoisotopic (exact) mass is 853 g/mol.